The number of rotatable bonds is 10. The Balaban J connectivity index is 1.89. The second kappa shape index (κ2) is 10.7. The van der Waals surface area contributed by atoms with E-state index >= 15 is 0 Å². The number of carbonyl (C=O) groups excluding carboxylic acids is 1. The lowest BCUT2D eigenvalue weighted by atomic mass is 10.1. The van der Waals surface area contributed by atoms with Gasteiger partial charge in [0.05, 0.1) is 31.1 Å². The van der Waals surface area contributed by atoms with E-state index in [1.807, 2.05) is 0 Å². The minimum Gasteiger partial charge on any atom is -0.497 e. The van der Waals surface area contributed by atoms with Crippen molar-refractivity contribution < 1.29 is 32.3 Å². The monoisotopic (exact) mass is 501 g/mol. The van der Waals surface area contributed by atoms with Gasteiger partial charge >= 0.3 is 0 Å². The second-order valence-corrected chi connectivity index (χ2v) is 9.06. The number of hydrogen-bond donors (Lipinski definition) is 2. The summed E-state index contributed by atoms with van der Waals surface area (Å²) in [7, 11) is -0.596. The highest BCUT2D eigenvalue weighted by atomic mass is 32.2. The summed E-state index contributed by atoms with van der Waals surface area (Å²) < 4.78 is 42.5. The molecular weight excluding hydrogens is 478 g/mol. The highest BCUT2D eigenvalue weighted by Gasteiger charge is 2.15. The van der Waals surface area contributed by atoms with E-state index in [-0.39, 0.29) is 35.0 Å². The van der Waals surface area contributed by atoms with Crippen LogP contribution < -0.4 is 24.2 Å². The third kappa shape index (κ3) is 6.84. The van der Waals surface area contributed by atoms with Crippen molar-refractivity contribution in [1.82, 2.24) is 0 Å². The molecule has 11 nitrogen and oxygen atoms in total. The highest BCUT2D eigenvalue weighted by molar-refractivity contribution is 7.92. The van der Waals surface area contributed by atoms with E-state index in [4.69, 9.17) is 14.2 Å². The van der Waals surface area contributed by atoms with Crippen molar-refractivity contribution in [3.8, 4) is 17.2 Å². The molecule has 1 amide bonds. The molecule has 3 aromatic carbocycles. The first-order valence-corrected chi connectivity index (χ1v) is 12.0. The van der Waals surface area contributed by atoms with Gasteiger partial charge in [-0.3, -0.25) is 19.6 Å². The number of non-ortho nitro benzene ring substituents is 1. The van der Waals surface area contributed by atoms with Gasteiger partial charge in [0.25, 0.3) is 11.6 Å². The SMILES string of the molecule is COc1ccc(OC)c(COc2cc(NC(=O)c3cccc([N+](=O)[O-])c3)ccc2NS(C)(=O)=O)c1. The Kier molecular flexibility index (Phi) is 7.76. The summed E-state index contributed by atoms with van der Waals surface area (Å²) in [5.74, 6) is 0.672. The average Bonchev–Trinajstić information content (AvgIpc) is 2.83. The van der Waals surface area contributed by atoms with Gasteiger partial charge in [0.1, 0.15) is 23.9 Å². The maximum Gasteiger partial charge on any atom is 0.270 e. The first-order valence-electron chi connectivity index (χ1n) is 10.1. The van der Waals surface area contributed by atoms with E-state index in [9.17, 15) is 23.3 Å². The Labute approximate surface area is 201 Å². The molecule has 35 heavy (non-hydrogen) atoms. The predicted octanol–water partition coefficient (Wildman–Crippen LogP) is 3.81. The van der Waals surface area contributed by atoms with Gasteiger partial charge in [-0.15, -0.1) is 0 Å². The molecule has 184 valence electrons. The maximum absolute atomic E-state index is 12.6. The molecule has 0 saturated heterocycles. The molecule has 0 heterocycles. The predicted molar refractivity (Wildman–Crippen MR) is 130 cm³/mol. The molecular formula is C23H23N3O8S. The van der Waals surface area contributed by atoms with Crippen LogP contribution in [0.3, 0.4) is 0 Å². The number of nitrogens with zero attached hydrogens (tertiary/aromatic N) is 1. The van der Waals surface area contributed by atoms with E-state index in [0.717, 1.165) is 12.3 Å². The fraction of sp³-hybridized carbons (Fsp3) is 0.174. The molecule has 0 saturated carbocycles. The van der Waals surface area contributed by atoms with Crippen molar-refractivity contribution >= 4 is 33.0 Å². The van der Waals surface area contributed by atoms with Crippen LogP contribution in [0.2, 0.25) is 0 Å². The van der Waals surface area contributed by atoms with Crippen molar-refractivity contribution in [1.29, 1.82) is 0 Å². The number of hydrogen-bond acceptors (Lipinski definition) is 8. The van der Waals surface area contributed by atoms with Crippen LogP contribution in [0.5, 0.6) is 17.2 Å². The summed E-state index contributed by atoms with van der Waals surface area (Å²) in [4.78, 5) is 23.0. The zero-order chi connectivity index (χ0) is 25.6. The first-order chi connectivity index (χ1) is 16.6. The van der Waals surface area contributed by atoms with Crippen molar-refractivity contribution in [3.05, 3.63) is 81.9 Å². The molecule has 0 unspecified atom stereocenters. The van der Waals surface area contributed by atoms with Crippen molar-refractivity contribution in [2.45, 2.75) is 6.61 Å². The van der Waals surface area contributed by atoms with Crippen LogP contribution in [0.1, 0.15) is 15.9 Å². The van der Waals surface area contributed by atoms with Crippen LogP contribution in [0.15, 0.2) is 60.7 Å². The number of anilines is 2. The quantitative estimate of drug-likeness (QED) is 0.315. The molecule has 0 spiro atoms. The standard InChI is InChI=1S/C23H23N3O8S/c1-32-19-8-10-21(33-2)16(12-19)14-34-22-13-17(7-9-20(22)25-35(3,30)31)24-23(27)15-5-4-6-18(11-15)26(28)29/h4-13,25H,14H2,1-3H3,(H,24,27). The van der Waals surface area contributed by atoms with Crippen molar-refractivity contribution in [2.75, 3.05) is 30.5 Å². The van der Waals surface area contributed by atoms with Crippen LogP contribution >= 0.6 is 0 Å². The van der Waals surface area contributed by atoms with Crippen molar-refractivity contribution in [2.24, 2.45) is 0 Å². The van der Waals surface area contributed by atoms with Crippen LogP contribution in [0.4, 0.5) is 17.1 Å². The molecule has 0 aliphatic carbocycles. The first kappa shape index (κ1) is 25.3. The van der Waals surface area contributed by atoms with Gasteiger partial charge in [-0.2, -0.15) is 0 Å². The number of sulfonamides is 1. The Morgan fingerprint density at radius 1 is 1.00 bits per heavy atom. The summed E-state index contributed by atoms with van der Waals surface area (Å²) in [5, 5.41) is 13.6. The second-order valence-electron chi connectivity index (χ2n) is 7.31. The third-order valence-electron chi connectivity index (χ3n) is 4.72. The number of nitro groups is 1. The fourth-order valence-corrected chi connectivity index (χ4v) is 3.69. The summed E-state index contributed by atoms with van der Waals surface area (Å²) in [6.07, 6.45) is 1.000. The van der Waals surface area contributed by atoms with Crippen LogP contribution in [0.25, 0.3) is 0 Å². The van der Waals surface area contributed by atoms with Gasteiger partial charge in [-0.05, 0) is 36.4 Å². The number of nitro benzene ring substituents is 1. The molecule has 0 bridgehead atoms. The zero-order valence-electron chi connectivity index (χ0n) is 19.1. The van der Waals surface area contributed by atoms with Gasteiger partial charge in [-0.25, -0.2) is 8.42 Å². The van der Waals surface area contributed by atoms with Crippen LogP contribution in [-0.2, 0) is 16.6 Å². The number of methoxy groups -OCH3 is 2. The van der Waals surface area contributed by atoms with Crippen LogP contribution in [-0.4, -0.2) is 39.7 Å². The molecule has 0 fully saturated rings. The number of nitrogens with one attached hydrogen (secondary N) is 2. The van der Waals surface area contributed by atoms with Gasteiger partial charge < -0.3 is 19.5 Å². The molecule has 12 heteroatoms. The fourth-order valence-electron chi connectivity index (χ4n) is 3.12. The van der Waals surface area contributed by atoms with E-state index in [1.54, 1.807) is 18.2 Å². The summed E-state index contributed by atoms with van der Waals surface area (Å²) in [6, 6.07) is 14.8. The summed E-state index contributed by atoms with van der Waals surface area (Å²) >= 11 is 0. The highest BCUT2D eigenvalue weighted by Crippen LogP contribution is 2.32. The molecule has 0 aliphatic heterocycles. The molecule has 2 N–H and O–H groups in total. The van der Waals surface area contributed by atoms with E-state index in [0.29, 0.717) is 17.1 Å². The lowest BCUT2D eigenvalue weighted by Crippen LogP contribution is -2.14. The summed E-state index contributed by atoms with van der Waals surface area (Å²) in [5.41, 5.74) is 0.946. The largest absolute Gasteiger partial charge is 0.497 e. The molecule has 0 radical (unpaired) electrons. The zero-order valence-corrected chi connectivity index (χ0v) is 19.9. The summed E-state index contributed by atoms with van der Waals surface area (Å²) in [6.45, 7) is 0.00109. The molecule has 0 aliphatic rings. The maximum atomic E-state index is 12.6. The van der Waals surface area contributed by atoms with Gasteiger partial charge in [0.2, 0.25) is 10.0 Å². The smallest absolute Gasteiger partial charge is 0.270 e. The minimum absolute atomic E-state index is 0.00109. The third-order valence-corrected chi connectivity index (χ3v) is 5.32. The average molecular weight is 502 g/mol. The lowest BCUT2D eigenvalue weighted by Gasteiger charge is -2.16. The Bertz CT molecular complexity index is 1360. The van der Waals surface area contributed by atoms with Crippen molar-refractivity contribution in [3.63, 3.8) is 0 Å². The van der Waals surface area contributed by atoms with Gasteiger partial charge in [0, 0.05) is 35.0 Å². The van der Waals surface area contributed by atoms with Gasteiger partial charge in [-0.1, -0.05) is 6.07 Å². The molecule has 0 aromatic heterocycles. The molecule has 3 rings (SSSR count). The number of amides is 1. The lowest BCUT2D eigenvalue weighted by molar-refractivity contribution is -0.384. The Morgan fingerprint density at radius 3 is 2.43 bits per heavy atom. The number of benzene rings is 3. The Hall–Kier alpha value is -4.32. The minimum atomic E-state index is -3.62. The topological polar surface area (TPSA) is 146 Å². The van der Waals surface area contributed by atoms with Gasteiger partial charge in [0.15, 0.2) is 0 Å². The van der Waals surface area contributed by atoms with E-state index in [1.165, 1.54) is 50.6 Å². The van der Waals surface area contributed by atoms with E-state index in [2.05, 4.69) is 10.0 Å². The van der Waals surface area contributed by atoms with Crippen LogP contribution in [0, 0.1) is 10.1 Å². The molecule has 0 atom stereocenters. The molecule has 3 aromatic rings. The van der Waals surface area contributed by atoms with E-state index < -0.39 is 20.9 Å². The normalized spacial score (nSPS) is 10.8. The number of carbonyl (C=O) groups is 1. The Morgan fingerprint density at radius 2 is 1.77 bits per heavy atom. The number of ether oxygens (including phenoxy) is 3.